The van der Waals surface area contributed by atoms with Crippen molar-refractivity contribution in [2.45, 2.75) is 38.0 Å². The Labute approximate surface area is 102 Å². The number of carboxylic acids is 1. The molecule has 0 spiro atoms. The molecule has 3 heteroatoms. The van der Waals surface area contributed by atoms with Crippen LogP contribution in [0.25, 0.3) is 0 Å². The maximum atomic E-state index is 11.2. The average Bonchev–Trinajstić information content (AvgIpc) is 2.34. The second-order valence-electron chi connectivity index (χ2n) is 4.23. The lowest BCUT2D eigenvalue weighted by atomic mass is 9.93. The van der Waals surface area contributed by atoms with E-state index in [-0.39, 0.29) is 6.61 Å². The summed E-state index contributed by atoms with van der Waals surface area (Å²) in [4.78, 5) is 11.2. The third kappa shape index (κ3) is 5.00. The zero-order valence-corrected chi connectivity index (χ0v) is 10.0. The highest BCUT2D eigenvalue weighted by atomic mass is 16.4. The fraction of sp³-hybridized carbons (Fsp3) is 0.500. The number of carbonyl (C=O) groups is 1. The summed E-state index contributed by atoms with van der Waals surface area (Å²) in [5, 5.41) is 17.8. The molecular weight excluding hydrogens is 216 g/mol. The second kappa shape index (κ2) is 7.85. The average molecular weight is 236 g/mol. The molecule has 1 atom stereocenters. The molecule has 0 saturated heterocycles. The van der Waals surface area contributed by atoms with Gasteiger partial charge in [0.25, 0.3) is 0 Å². The number of benzene rings is 1. The quantitative estimate of drug-likeness (QED) is 0.682. The first kappa shape index (κ1) is 13.7. The predicted octanol–water partition coefficient (Wildman–Crippen LogP) is 2.80. The Kier molecular flexibility index (Phi) is 6.33. The number of carboxylic acid groups (broad SMARTS) is 1. The Hall–Kier alpha value is -1.35. The number of aliphatic hydroxyl groups is 1. The van der Waals surface area contributed by atoms with Gasteiger partial charge in [-0.1, -0.05) is 49.6 Å². The molecule has 0 amide bonds. The zero-order valence-electron chi connectivity index (χ0n) is 10.0. The molecule has 3 nitrogen and oxygen atoms in total. The summed E-state index contributed by atoms with van der Waals surface area (Å²) in [5.41, 5.74) is 0.877. The van der Waals surface area contributed by atoms with Crippen molar-refractivity contribution >= 4 is 5.97 Å². The van der Waals surface area contributed by atoms with Gasteiger partial charge in [-0.05, 0) is 18.4 Å². The van der Waals surface area contributed by atoms with E-state index < -0.39 is 11.9 Å². The van der Waals surface area contributed by atoms with Gasteiger partial charge in [0, 0.05) is 6.61 Å². The number of unbranched alkanes of at least 4 members (excludes halogenated alkanes) is 3. The minimum absolute atomic E-state index is 0.223. The summed E-state index contributed by atoms with van der Waals surface area (Å²) in [6.07, 6.45) is 4.33. The molecule has 0 saturated carbocycles. The molecule has 1 aromatic carbocycles. The lowest BCUT2D eigenvalue weighted by molar-refractivity contribution is -0.139. The van der Waals surface area contributed by atoms with Crippen LogP contribution in [0.2, 0.25) is 0 Å². The highest BCUT2D eigenvalue weighted by Gasteiger charge is 2.18. The van der Waals surface area contributed by atoms with Crippen LogP contribution in [0.4, 0.5) is 0 Å². The largest absolute Gasteiger partial charge is 0.481 e. The van der Waals surface area contributed by atoms with Gasteiger partial charge < -0.3 is 10.2 Å². The molecule has 1 rings (SSSR count). The number of rotatable bonds is 8. The van der Waals surface area contributed by atoms with Crippen molar-refractivity contribution < 1.29 is 15.0 Å². The molecule has 0 aliphatic carbocycles. The smallest absolute Gasteiger partial charge is 0.310 e. The van der Waals surface area contributed by atoms with Gasteiger partial charge in [0.1, 0.15) is 0 Å². The van der Waals surface area contributed by atoms with Crippen LogP contribution in [-0.4, -0.2) is 22.8 Å². The first-order valence-electron chi connectivity index (χ1n) is 6.14. The molecule has 0 heterocycles. The molecular formula is C14H20O3. The minimum Gasteiger partial charge on any atom is -0.481 e. The Morgan fingerprint density at radius 3 is 2.29 bits per heavy atom. The Balaban J connectivity index is 2.42. The summed E-state index contributed by atoms with van der Waals surface area (Å²) in [6, 6.07) is 9.37. The number of hydrogen-bond acceptors (Lipinski definition) is 2. The third-order valence-electron chi connectivity index (χ3n) is 2.90. The normalized spacial score (nSPS) is 12.3. The summed E-state index contributed by atoms with van der Waals surface area (Å²) < 4.78 is 0. The van der Waals surface area contributed by atoms with Gasteiger partial charge in [0.2, 0.25) is 0 Å². The monoisotopic (exact) mass is 236 g/mol. The van der Waals surface area contributed by atoms with Crippen LogP contribution in [0, 0.1) is 0 Å². The molecule has 2 N–H and O–H groups in total. The first-order valence-corrected chi connectivity index (χ1v) is 6.14. The summed E-state index contributed by atoms with van der Waals surface area (Å²) in [5.74, 6) is -1.15. The fourth-order valence-corrected chi connectivity index (χ4v) is 1.93. The van der Waals surface area contributed by atoms with E-state index in [2.05, 4.69) is 0 Å². The molecule has 0 aliphatic rings. The number of hydrogen-bond donors (Lipinski definition) is 2. The summed E-state index contributed by atoms with van der Waals surface area (Å²) in [6.45, 7) is 0.223. The number of aliphatic hydroxyl groups excluding tert-OH is 1. The Morgan fingerprint density at radius 2 is 1.71 bits per heavy atom. The topological polar surface area (TPSA) is 57.5 Å². The molecule has 0 bridgehead atoms. The van der Waals surface area contributed by atoms with Crippen LogP contribution in [0.5, 0.6) is 0 Å². The van der Waals surface area contributed by atoms with Crippen molar-refractivity contribution in [3.05, 3.63) is 35.9 Å². The molecule has 0 aliphatic heterocycles. The van der Waals surface area contributed by atoms with Gasteiger partial charge in [-0.2, -0.15) is 0 Å². The Morgan fingerprint density at radius 1 is 1.06 bits per heavy atom. The molecule has 94 valence electrons. The lowest BCUT2D eigenvalue weighted by Crippen LogP contribution is -2.11. The van der Waals surface area contributed by atoms with E-state index in [1.165, 1.54) is 0 Å². The van der Waals surface area contributed by atoms with Crippen molar-refractivity contribution in [3.63, 3.8) is 0 Å². The van der Waals surface area contributed by atoms with Crippen molar-refractivity contribution in [1.82, 2.24) is 0 Å². The van der Waals surface area contributed by atoms with E-state index in [4.69, 9.17) is 5.11 Å². The maximum Gasteiger partial charge on any atom is 0.310 e. The van der Waals surface area contributed by atoms with Gasteiger partial charge in [-0.3, -0.25) is 4.79 Å². The van der Waals surface area contributed by atoms with E-state index in [1.807, 2.05) is 30.3 Å². The number of aliphatic carboxylic acids is 1. The van der Waals surface area contributed by atoms with E-state index in [1.54, 1.807) is 0 Å². The SMILES string of the molecule is O=C(O)C(CCCCCCO)c1ccccc1. The summed E-state index contributed by atoms with van der Waals surface area (Å²) in [7, 11) is 0. The van der Waals surface area contributed by atoms with Gasteiger partial charge in [0.15, 0.2) is 0 Å². The van der Waals surface area contributed by atoms with E-state index in [0.717, 1.165) is 31.2 Å². The van der Waals surface area contributed by atoms with Crippen molar-refractivity contribution in [3.8, 4) is 0 Å². The van der Waals surface area contributed by atoms with Crippen molar-refractivity contribution in [2.75, 3.05) is 6.61 Å². The molecule has 0 radical (unpaired) electrons. The highest BCUT2D eigenvalue weighted by molar-refractivity contribution is 5.75. The van der Waals surface area contributed by atoms with Gasteiger partial charge in [-0.25, -0.2) is 0 Å². The molecule has 0 fully saturated rings. The van der Waals surface area contributed by atoms with E-state index in [9.17, 15) is 9.90 Å². The fourth-order valence-electron chi connectivity index (χ4n) is 1.93. The first-order chi connectivity index (χ1) is 8.25. The molecule has 0 aromatic heterocycles. The molecule has 17 heavy (non-hydrogen) atoms. The third-order valence-corrected chi connectivity index (χ3v) is 2.90. The standard InChI is InChI=1S/C14H20O3/c15-11-7-2-1-6-10-13(14(16)17)12-8-4-3-5-9-12/h3-5,8-9,13,15H,1-2,6-7,10-11H2,(H,16,17). The van der Waals surface area contributed by atoms with E-state index >= 15 is 0 Å². The van der Waals surface area contributed by atoms with Crippen LogP contribution in [0.1, 0.15) is 43.6 Å². The van der Waals surface area contributed by atoms with Crippen LogP contribution in [-0.2, 0) is 4.79 Å². The van der Waals surface area contributed by atoms with Crippen LogP contribution in [0.15, 0.2) is 30.3 Å². The molecule has 1 unspecified atom stereocenters. The zero-order chi connectivity index (χ0) is 12.5. The van der Waals surface area contributed by atoms with Gasteiger partial charge in [0.05, 0.1) is 5.92 Å². The van der Waals surface area contributed by atoms with Crippen molar-refractivity contribution in [2.24, 2.45) is 0 Å². The Bertz CT molecular complexity index is 321. The molecule has 1 aromatic rings. The maximum absolute atomic E-state index is 11.2. The van der Waals surface area contributed by atoms with E-state index in [0.29, 0.717) is 6.42 Å². The summed E-state index contributed by atoms with van der Waals surface area (Å²) >= 11 is 0. The van der Waals surface area contributed by atoms with Crippen LogP contribution in [0.3, 0.4) is 0 Å². The van der Waals surface area contributed by atoms with Crippen molar-refractivity contribution in [1.29, 1.82) is 0 Å². The van der Waals surface area contributed by atoms with Gasteiger partial charge in [-0.15, -0.1) is 0 Å². The second-order valence-corrected chi connectivity index (χ2v) is 4.23. The minimum atomic E-state index is -0.752. The lowest BCUT2D eigenvalue weighted by Gasteiger charge is -2.12. The van der Waals surface area contributed by atoms with Crippen LogP contribution >= 0.6 is 0 Å². The van der Waals surface area contributed by atoms with Gasteiger partial charge >= 0.3 is 5.97 Å². The van der Waals surface area contributed by atoms with Crippen LogP contribution < -0.4 is 0 Å². The highest BCUT2D eigenvalue weighted by Crippen LogP contribution is 2.22. The predicted molar refractivity (Wildman–Crippen MR) is 67.0 cm³/mol.